The molecule has 2 aromatic carbocycles. The van der Waals surface area contributed by atoms with Crippen LogP contribution in [0.5, 0.6) is 5.75 Å². The molecular formula is C16H13N3O2. The van der Waals surface area contributed by atoms with Gasteiger partial charge >= 0.3 is 0 Å². The zero-order valence-electron chi connectivity index (χ0n) is 11.4. The standard InChI is InChI=1S/C16H13N3O2/c1-21-14-9-6-13(7-10-14)16(20)11-8-12-4-2-3-5-15(12)18-19-17/h2-7,9-10,16,20H,1H3. The van der Waals surface area contributed by atoms with E-state index in [0.717, 1.165) is 0 Å². The molecule has 0 aliphatic carbocycles. The number of azide groups is 1. The molecule has 0 aliphatic rings. The Morgan fingerprint density at radius 1 is 1.19 bits per heavy atom. The van der Waals surface area contributed by atoms with Crippen LogP contribution in [0.15, 0.2) is 53.6 Å². The van der Waals surface area contributed by atoms with Crippen LogP contribution in [0.1, 0.15) is 17.2 Å². The van der Waals surface area contributed by atoms with E-state index in [0.29, 0.717) is 22.6 Å². The molecule has 0 spiro atoms. The Morgan fingerprint density at radius 3 is 2.57 bits per heavy atom. The zero-order valence-corrected chi connectivity index (χ0v) is 11.4. The molecule has 0 fully saturated rings. The van der Waals surface area contributed by atoms with Crippen molar-refractivity contribution in [3.63, 3.8) is 0 Å². The highest BCUT2D eigenvalue weighted by molar-refractivity contribution is 5.55. The maximum Gasteiger partial charge on any atom is 0.140 e. The minimum absolute atomic E-state index is 0.439. The number of nitrogens with zero attached hydrogens (tertiary/aromatic N) is 3. The Balaban J connectivity index is 2.23. The number of ether oxygens (including phenoxy) is 1. The number of methoxy groups -OCH3 is 1. The smallest absolute Gasteiger partial charge is 0.140 e. The summed E-state index contributed by atoms with van der Waals surface area (Å²) in [5.41, 5.74) is 10.2. The summed E-state index contributed by atoms with van der Waals surface area (Å²) in [6.45, 7) is 0. The quantitative estimate of drug-likeness (QED) is 0.402. The molecule has 1 atom stereocenters. The molecule has 104 valence electrons. The van der Waals surface area contributed by atoms with Crippen molar-refractivity contribution in [3.05, 3.63) is 70.1 Å². The van der Waals surface area contributed by atoms with Crippen LogP contribution in [0.25, 0.3) is 10.4 Å². The van der Waals surface area contributed by atoms with Gasteiger partial charge < -0.3 is 9.84 Å². The van der Waals surface area contributed by atoms with Gasteiger partial charge in [-0.2, -0.15) is 0 Å². The first kappa shape index (κ1) is 14.5. The third kappa shape index (κ3) is 3.77. The molecule has 0 saturated carbocycles. The second-order valence-corrected chi connectivity index (χ2v) is 4.15. The van der Waals surface area contributed by atoms with Crippen LogP contribution in [0.3, 0.4) is 0 Å². The Hall–Kier alpha value is -2.93. The fourth-order valence-electron chi connectivity index (χ4n) is 1.73. The second-order valence-electron chi connectivity index (χ2n) is 4.15. The van der Waals surface area contributed by atoms with E-state index in [9.17, 15) is 5.11 Å². The maximum atomic E-state index is 10.0. The van der Waals surface area contributed by atoms with Gasteiger partial charge in [0.1, 0.15) is 11.9 Å². The van der Waals surface area contributed by atoms with Gasteiger partial charge in [0.2, 0.25) is 0 Å². The summed E-state index contributed by atoms with van der Waals surface area (Å²) in [6.07, 6.45) is -0.921. The Labute approximate surface area is 122 Å². The van der Waals surface area contributed by atoms with Crippen molar-refractivity contribution in [2.24, 2.45) is 5.11 Å². The molecule has 0 aromatic heterocycles. The van der Waals surface area contributed by atoms with E-state index < -0.39 is 6.10 Å². The molecule has 2 rings (SSSR count). The Morgan fingerprint density at radius 2 is 1.90 bits per heavy atom. The van der Waals surface area contributed by atoms with Crippen LogP contribution < -0.4 is 4.74 Å². The average Bonchev–Trinajstić information content (AvgIpc) is 2.54. The van der Waals surface area contributed by atoms with E-state index in [1.165, 1.54) is 0 Å². The fourth-order valence-corrected chi connectivity index (χ4v) is 1.73. The molecule has 0 aliphatic heterocycles. The first-order valence-electron chi connectivity index (χ1n) is 6.22. The minimum atomic E-state index is -0.921. The third-order valence-corrected chi connectivity index (χ3v) is 2.83. The predicted molar refractivity (Wildman–Crippen MR) is 80.1 cm³/mol. The summed E-state index contributed by atoms with van der Waals surface area (Å²) in [5.74, 6) is 6.28. The SMILES string of the molecule is COc1ccc(C(O)C#Cc2ccccc2N=[N+]=[N-])cc1. The van der Waals surface area contributed by atoms with Crippen molar-refractivity contribution in [2.75, 3.05) is 7.11 Å². The van der Waals surface area contributed by atoms with Crippen molar-refractivity contribution < 1.29 is 9.84 Å². The Kier molecular flexibility index (Phi) is 4.84. The van der Waals surface area contributed by atoms with Gasteiger partial charge in [0, 0.05) is 10.5 Å². The summed E-state index contributed by atoms with van der Waals surface area (Å²) >= 11 is 0. The maximum absolute atomic E-state index is 10.0. The van der Waals surface area contributed by atoms with Crippen LogP contribution in [-0.4, -0.2) is 12.2 Å². The Bertz CT molecular complexity index is 723. The first-order chi connectivity index (χ1) is 10.2. The molecule has 0 heterocycles. The monoisotopic (exact) mass is 279 g/mol. The topological polar surface area (TPSA) is 78.2 Å². The van der Waals surface area contributed by atoms with E-state index in [2.05, 4.69) is 21.9 Å². The fraction of sp³-hybridized carbons (Fsp3) is 0.125. The summed E-state index contributed by atoms with van der Waals surface area (Å²) < 4.78 is 5.06. The molecule has 5 nitrogen and oxygen atoms in total. The molecular weight excluding hydrogens is 266 g/mol. The third-order valence-electron chi connectivity index (χ3n) is 2.83. The van der Waals surface area contributed by atoms with Gasteiger partial charge in [-0.15, -0.1) is 0 Å². The predicted octanol–water partition coefficient (Wildman–Crippen LogP) is 3.72. The van der Waals surface area contributed by atoms with Crippen LogP contribution in [0.4, 0.5) is 5.69 Å². The highest BCUT2D eigenvalue weighted by atomic mass is 16.5. The summed E-state index contributed by atoms with van der Waals surface area (Å²) in [4.78, 5) is 2.75. The van der Waals surface area contributed by atoms with Crippen molar-refractivity contribution in [1.82, 2.24) is 0 Å². The number of rotatable bonds is 3. The molecule has 21 heavy (non-hydrogen) atoms. The summed E-state index contributed by atoms with van der Waals surface area (Å²) in [5, 5.41) is 13.6. The van der Waals surface area contributed by atoms with Gasteiger partial charge in [0.25, 0.3) is 0 Å². The lowest BCUT2D eigenvalue weighted by Crippen LogP contribution is -1.94. The number of hydrogen-bond acceptors (Lipinski definition) is 3. The lowest BCUT2D eigenvalue weighted by atomic mass is 10.1. The normalized spacial score (nSPS) is 10.8. The van der Waals surface area contributed by atoms with Gasteiger partial charge in [-0.25, -0.2) is 0 Å². The van der Waals surface area contributed by atoms with Gasteiger partial charge in [-0.1, -0.05) is 47.3 Å². The largest absolute Gasteiger partial charge is 0.497 e. The lowest BCUT2D eigenvalue weighted by Gasteiger charge is -2.05. The summed E-state index contributed by atoms with van der Waals surface area (Å²) in [6, 6.07) is 14.0. The number of aliphatic hydroxyl groups is 1. The molecule has 5 heteroatoms. The second kappa shape index (κ2) is 7.01. The van der Waals surface area contributed by atoms with E-state index in [1.54, 1.807) is 55.6 Å². The molecule has 0 saturated heterocycles. The highest BCUT2D eigenvalue weighted by Gasteiger charge is 2.04. The van der Waals surface area contributed by atoms with Crippen LogP contribution in [0, 0.1) is 11.8 Å². The van der Waals surface area contributed by atoms with E-state index >= 15 is 0 Å². The molecule has 2 aromatic rings. The average molecular weight is 279 g/mol. The van der Waals surface area contributed by atoms with Crippen LogP contribution in [-0.2, 0) is 0 Å². The van der Waals surface area contributed by atoms with Crippen LogP contribution >= 0.6 is 0 Å². The molecule has 1 unspecified atom stereocenters. The van der Waals surface area contributed by atoms with Gasteiger partial charge in [0.05, 0.1) is 12.8 Å². The van der Waals surface area contributed by atoms with Crippen molar-refractivity contribution >= 4 is 5.69 Å². The number of benzene rings is 2. The first-order valence-corrected chi connectivity index (χ1v) is 6.22. The molecule has 0 amide bonds. The van der Waals surface area contributed by atoms with E-state index in [1.807, 2.05) is 0 Å². The van der Waals surface area contributed by atoms with Crippen molar-refractivity contribution in [3.8, 4) is 17.6 Å². The highest BCUT2D eigenvalue weighted by Crippen LogP contribution is 2.19. The van der Waals surface area contributed by atoms with Crippen LogP contribution in [0.2, 0.25) is 0 Å². The van der Waals surface area contributed by atoms with E-state index in [-0.39, 0.29) is 0 Å². The summed E-state index contributed by atoms with van der Waals surface area (Å²) in [7, 11) is 1.58. The van der Waals surface area contributed by atoms with Crippen molar-refractivity contribution in [1.29, 1.82) is 0 Å². The number of hydrogen-bond donors (Lipinski definition) is 1. The molecule has 0 bridgehead atoms. The van der Waals surface area contributed by atoms with E-state index in [4.69, 9.17) is 10.3 Å². The lowest BCUT2D eigenvalue weighted by molar-refractivity contribution is 0.238. The molecule has 1 N–H and O–H groups in total. The number of aliphatic hydroxyl groups excluding tert-OH is 1. The van der Waals surface area contributed by atoms with Gasteiger partial charge in [0.15, 0.2) is 0 Å². The molecule has 0 radical (unpaired) electrons. The minimum Gasteiger partial charge on any atom is -0.497 e. The van der Waals surface area contributed by atoms with Gasteiger partial charge in [-0.05, 0) is 29.3 Å². The zero-order chi connectivity index (χ0) is 15.1. The van der Waals surface area contributed by atoms with Crippen molar-refractivity contribution in [2.45, 2.75) is 6.10 Å². The van der Waals surface area contributed by atoms with Gasteiger partial charge in [-0.3, -0.25) is 0 Å².